The molecule has 0 atom stereocenters. The van der Waals surface area contributed by atoms with Gasteiger partial charge in [-0.1, -0.05) is 0 Å². The fourth-order valence-electron chi connectivity index (χ4n) is 3.50. The van der Waals surface area contributed by atoms with E-state index < -0.39 is 0 Å². The summed E-state index contributed by atoms with van der Waals surface area (Å²) < 4.78 is 5.29. The molecule has 7 nitrogen and oxygen atoms in total. The summed E-state index contributed by atoms with van der Waals surface area (Å²) in [7, 11) is 0. The summed E-state index contributed by atoms with van der Waals surface area (Å²) in [5.74, 6) is 0.137. The largest absolute Gasteiger partial charge is 0.481 e. The number of anilines is 2. The number of carbonyl (C=O) groups excluding carboxylic acids is 1. The molecule has 22 heavy (non-hydrogen) atoms. The van der Waals surface area contributed by atoms with Crippen LogP contribution in [0, 0.1) is 15.5 Å². The average Bonchev–Trinajstić information content (AvgIpc) is 3.24. The second-order valence-corrected chi connectivity index (χ2v) is 6.46. The van der Waals surface area contributed by atoms with Crippen LogP contribution in [0.3, 0.4) is 0 Å². The van der Waals surface area contributed by atoms with Crippen molar-refractivity contribution in [3.8, 4) is 5.75 Å². The van der Waals surface area contributed by atoms with Gasteiger partial charge >= 0.3 is 0 Å². The van der Waals surface area contributed by atoms with Gasteiger partial charge in [-0.3, -0.25) is 14.9 Å². The second-order valence-electron chi connectivity index (χ2n) is 6.46. The van der Waals surface area contributed by atoms with Gasteiger partial charge < -0.3 is 15.0 Å². The third-order valence-corrected chi connectivity index (χ3v) is 4.87. The van der Waals surface area contributed by atoms with E-state index in [0.717, 1.165) is 19.5 Å². The van der Waals surface area contributed by atoms with Crippen LogP contribution in [0.5, 0.6) is 5.75 Å². The molecular weight excluding hydrogens is 286 g/mol. The van der Waals surface area contributed by atoms with Crippen LogP contribution in [0.2, 0.25) is 0 Å². The Hall–Kier alpha value is -2.31. The molecule has 116 valence electrons. The Balaban J connectivity index is 1.74. The number of nitro groups is 1. The molecule has 2 fully saturated rings. The highest BCUT2D eigenvalue weighted by Gasteiger charge is 2.46. The van der Waals surface area contributed by atoms with Crippen molar-refractivity contribution in [1.82, 2.24) is 0 Å². The van der Waals surface area contributed by atoms with E-state index in [0.29, 0.717) is 22.5 Å². The molecule has 1 N–H and O–H groups in total. The topological polar surface area (TPSA) is 84.7 Å². The summed E-state index contributed by atoms with van der Waals surface area (Å²) in [6.45, 7) is 1.58. The van der Waals surface area contributed by atoms with Gasteiger partial charge in [0.25, 0.3) is 11.6 Å². The number of ether oxygens (including phenoxy) is 1. The van der Waals surface area contributed by atoms with E-state index in [9.17, 15) is 14.9 Å². The number of piperidine rings is 1. The van der Waals surface area contributed by atoms with Crippen molar-refractivity contribution in [2.75, 3.05) is 29.9 Å². The summed E-state index contributed by atoms with van der Waals surface area (Å²) in [6.07, 6.45) is 4.68. The minimum Gasteiger partial charge on any atom is -0.481 e. The number of amides is 1. The Morgan fingerprint density at radius 2 is 2.14 bits per heavy atom. The van der Waals surface area contributed by atoms with Gasteiger partial charge in [-0.2, -0.15) is 0 Å². The predicted molar refractivity (Wildman–Crippen MR) is 80.3 cm³/mol. The zero-order valence-corrected chi connectivity index (χ0v) is 12.1. The van der Waals surface area contributed by atoms with Gasteiger partial charge in [0.15, 0.2) is 12.4 Å². The van der Waals surface area contributed by atoms with Crippen molar-refractivity contribution in [2.24, 2.45) is 5.41 Å². The summed E-state index contributed by atoms with van der Waals surface area (Å²) in [5.41, 5.74) is 1.52. The fraction of sp³-hybridized carbons (Fsp3) is 0.533. The predicted octanol–water partition coefficient (Wildman–Crippen LogP) is 2.31. The van der Waals surface area contributed by atoms with E-state index in [1.165, 1.54) is 25.3 Å². The zero-order valence-electron chi connectivity index (χ0n) is 12.1. The highest BCUT2D eigenvalue weighted by molar-refractivity contribution is 5.97. The Kier molecular flexibility index (Phi) is 2.79. The van der Waals surface area contributed by atoms with Crippen LogP contribution in [0.25, 0.3) is 0 Å². The molecule has 2 aliphatic heterocycles. The van der Waals surface area contributed by atoms with Gasteiger partial charge in [0.05, 0.1) is 16.7 Å². The van der Waals surface area contributed by atoms with E-state index in [4.69, 9.17) is 4.74 Å². The standard InChI is InChI=1S/C15H17N3O4/c19-14-8-22-13-7-12(18(20)21)11(6-10(13)16-14)17-5-1-2-15(9-17)3-4-15/h6-7H,1-5,8-9H2,(H,16,19). The van der Waals surface area contributed by atoms with Crippen molar-refractivity contribution >= 4 is 23.0 Å². The monoisotopic (exact) mass is 303 g/mol. The molecule has 1 spiro atoms. The molecule has 0 radical (unpaired) electrons. The molecule has 2 heterocycles. The number of hydrogen-bond acceptors (Lipinski definition) is 5. The number of rotatable bonds is 2. The summed E-state index contributed by atoms with van der Waals surface area (Å²) in [4.78, 5) is 24.6. The van der Waals surface area contributed by atoms with E-state index in [1.54, 1.807) is 6.07 Å². The second kappa shape index (κ2) is 4.59. The maximum absolute atomic E-state index is 11.5. The lowest BCUT2D eigenvalue weighted by Gasteiger charge is -2.35. The third-order valence-electron chi connectivity index (χ3n) is 4.87. The maximum Gasteiger partial charge on any atom is 0.296 e. The first-order valence-corrected chi connectivity index (χ1v) is 7.56. The number of fused-ring (bicyclic) bond motifs is 1. The molecule has 0 unspecified atom stereocenters. The Morgan fingerprint density at radius 1 is 1.32 bits per heavy atom. The van der Waals surface area contributed by atoms with Crippen LogP contribution in [0.1, 0.15) is 25.7 Å². The Morgan fingerprint density at radius 3 is 2.86 bits per heavy atom. The molecule has 1 saturated carbocycles. The van der Waals surface area contributed by atoms with Gasteiger partial charge in [-0.25, -0.2) is 0 Å². The Bertz CT molecular complexity index is 669. The number of carbonyl (C=O) groups is 1. The lowest BCUT2D eigenvalue weighted by molar-refractivity contribution is -0.384. The van der Waals surface area contributed by atoms with Gasteiger partial charge in [0.2, 0.25) is 0 Å². The van der Waals surface area contributed by atoms with E-state index in [-0.39, 0.29) is 23.1 Å². The third kappa shape index (κ3) is 2.17. The molecular formula is C15H17N3O4. The first-order chi connectivity index (χ1) is 10.6. The van der Waals surface area contributed by atoms with Crippen molar-refractivity contribution in [3.05, 3.63) is 22.2 Å². The van der Waals surface area contributed by atoms with Crippen LogP contribution in [0.4, 0.5) is 17.1 Å². The lowest BCUT2D eigenvalue weighted by atomic mass is 9.94. The summed E-state index contributed by atoms with van der Waals surface area (Å²) in [5, 5.41) is 14.2. The van der Waals surface area contributed by atoms with Crippen LogP contribution in [0.15, 0.2) is 12.1 Å². The number of nitrogens with one attached hydrogen (secondary N) is 1. The molecule has 7 heteroatoms. The van der Waals surface area contributed by atoms with Crippen LogP contribution < -0.4 is 15.0 Å². The van der Waals surface area contributed by atoms with Crippen LogP contribution in [-0.2, 0) is 4.79 Å². The molecule has 0 aromatic heterocycles. The van der Waals surface area contributed by atoms with Crippen molar-refractivity contribution < 1.29 is 14.5 Å². The van der Waals surface area contributed by atoms with Crippen LogP contribution >= 0.6 is 0 Å². The normalized spacial score (nSPS) is 21.8. The first-order valence-electron chi connectivity index (χ1n) is 7.56. The summed E-state index contributed by atoms with van der Waals surface area (Å²) in [6, 6.07) is 3.12. The minimum atomic E-state index is -0.371. The highest BCUT2D eigenvalue weighted by atomic mass is 16.6. The molecule has 0 bridgehead atoms. The van der Waals surface area contributed by atoms with Crippen molar-refractivity contribution in [3.63, 3.8) is 0 Å². The van der Waals surface area contributed by atoms with E-state index in [2.05, 4.69) is 10.2 Å². The Labute approximate surface area is 127 Å². The van der Waals surface area contributed by atoms with E-state index >= 15 is 0 Å². The molecule has 1 aliphatic carbocycles. The number of hydrogen-bond donors (Lipinski definition) is 1. The summed E-state index contributed by atoms with van der Waals surface area (Å²) >= 11 is 0. The number of benzene rings is 1. The zero-order chi connectivity index (χ0) is 15.3. The van der Waals surface area contributed by atoms with Gasteiger partial charge in [-0.15, -0.1) is 0 Å². The van der Waals surface area contributed by atoms with Crippen LogP contribution in [-0.4, -0.2) is 30.5 Å². The molecule has 1 aromatic carbocycles. The van der Waals surface area contributed by atoms with Crippen molar-refractivity contribution in [1.29, 1.82) is 0 Å². The molecule has 3 aliphatic rings. The number of nitrogens with zero attached hydrogens (tertiary/aromatic N) is 2. The molecule has 1 amide bonds. The van der Waals surface area contributed by atoms with Gasteiger partial charge in [0.1, 0.15) is 5.69 Å². The highest BCUT2D eigenvalue weighted by Crippen LogP contribution is 2.53. The van der Waals surface area contributed by atoms with E-state index in [1.807, 2.05) is 0 Å². The SMILES string of the molecule is O=C1COc2cc([N+](=O)[O-])c(N3CCCC4(CC4)C3)cc2N1. The number of nitro benzene ring substituents is 1. The maximum atomic E-state index is 11.5. The smallest absolute Gasteiger partial charge is 0.296 e. The molecule has 1 aromatic rings. The van der Waals surface area contributed by atoms with Gasteiger partial charge in [0, 0.05) is 13.1 Å². The van der Waals surface area contributed by atoms with Gasteiger partial charge in [-0.05, 0) is 37.2 Å². The molecule has 4 rings (SSSR count). The fourth-order valence-corrected chi connectivity index (χ4v) is 3.50. The minimum absolute atomic E-state index is 0.0487. The quantitative estimate of drug-likeness (QED) is 0.669. The average molecular weight is 303 g/mol. The lowest BCUT2D eigenvalue weighted by Crippen LogP contribution is -2.37. The molecule has 1 saturated heterocycles. The van der Waals surface area contributed by atoms with Crippen molar-refractivity contribution in [2.45, 2.75) is 25.7 Å². The first kappa shape index (κ1) is 13.4.